The van der Waals surface area contributed by atoms with Crippen molar-refractivity contribution in [1.29, 1.82) is 0 Å². The number of hydrogen-bond donors (Lipinski definition) is 1. The van der Waals surface area contributed by atoms with E-state index in [2.05, 4.69) is 27.2 Å². The van der Waals surface area contributed by atoms with E-state index in [-0.39, 0.29) is 5.91 Å². The first-order valence-corrected chi connectivity index (χ1v) is 10.5. The molecule has 1 amide bonds. The van der Waals surface area contributed by atoms with Gasteiger partial charge < -0.3 is 24.6 Å². The van der Waals surface area contributed by atoms with Gasteiger partial charge in [0.2, 0.25) is 5.91 Å². The van der Waals surface area contributed by atoms with E-state index in [1.807, 2.05) is 29.7 Å². The minimum atomic E-state index is -0.123. The number of carbonyl (C=O) groups excluding carboxylic acids is 1. The summed E-state index contributed by atoms with van der Waals surface area (Å²) in [6, 6.07) is 10.2. The molecule has 2 aliphatic heterocycles. The summed E-state index contributed by atoms with van der Waals surface area (Å²) in [7, 11) is 0. The maximum absolute atomic E-state index is 12.5. The van der Waals surface area contributed by atoms with E-state index in [1.165, 1.54) is 0 Å². The smallest absolute Gasteiger partial charge is 0.248 e. The number of hydrogen-bond acceptors (Lipinski definition) is 6. The van der Waals surface area contributed by atoms with Crippen LogP contribution in [0.4, 0.5) is 17.1 Å². The monoisotopic (exact) mass is 399 g/mol. The largest absolute Gasteiger partial charge is 0.378 e. The number of benzene rings is 1. The zero-order valence-corrected chi connectivity index (χ0v) is 16.6. The highest BCUT2D eigenvalue weighted by Crippen LogP contribution is 2.32. The number of rotatable bonds is 5. The first-order valence-electron chi connectivity index (χ1n) is 9.61. The average molecular weight is 400 g/mol. The van der Waals surface area contributed by atoms with Crippen LogP contribution in [-0.4, -0.2) is 58.5 Å². The van der Waals surface area contributed by atoms with Gasteiger partial charge >= 0.3 is 0 Å². The van der Waals surface area contributed by atoms with Crippen LogP contribution in [0.2, 0.25) is 0 Å². The molecule has 0 unspecified atom stereocenters. The highest BCUT2D eigenvalue weighted by Gasteiger charge is 2.19. The molecule has 0 radical (unpaired) electrons. The molecular formula is C21H25N3O3S. The van der Waals surface area contributed by atoms with Crippen molar-refractivity contribution in [2.24, 2.45) is 0 Å². The van der Waals surface area contributed by atoms with Crippen molar-refractivity contribution < 1.29 is 14.3 Å². The molecule has 0 saturated carbocycles. The predicted molar refractivity (Wildman–Crippen MR) is 114 cm³/mol. The number of carbonyl (C=O) groups is 1. The SMILES string of the molecule is O=C(/C=C/c1cccs1)Nc1ccc(N2CCOCC2)cc1N1CCOCC1. The van der Waals surface area contributed by atoms with Gasteiger partial charge in [-0.1, -0.05) is 6.07 Å². The van der Waals surface area contributed by atoms with Crippen LogP contribution >= 0.6 is 11.3 Å². The summed E-state index contributed by atoms with van der Waals surface area (Å²) in [5.41, 5.74) is 3.04. The maximum atomic E-state index is 12.5. The molecule has 1 aromatic carbocycles. The van der Waals surface area contributed by atoms with Crippen LogP contribution in [0.5, 0.6) is 0 Å². The van der Waals surface area contributed by atoms with Gasteiger partial charge in [0.1, 0.15) is 0 Å². The Bertz CT molecular complexity index is 810. The summed E-state index contributed by atoms with van der Waals surface area (Å²) in [6.45, 7) is 6.31. The molecule has 1 N–H and O–H groups in total. The van der Waals surface area contributed by atoms with E-state index in [0.717, 1.165) is 61.3 Å². The van der Waals surface area contributed by atoms with Crippen LogP contribution in [0.15, 0.2) is 41.8 Å². The van der Waals surface area contributed by atoms with Crippen LogP contribution in [0.25, 0.3) is 6.08 Å². The van der Waals surface area contributed by atoms with Crippen molar-refractivity contribution >= 4 is 40.4 Å². The number of nitrogens with one attached hydrogen (secondary N) is 1. The van der Waals surface area contributed by atoms with E-state index in [4.69, 9.17) is 9.47 Å². The van der Waals surface area contributed by atoms with E-state index < -0.39 is 0 Å². The fraction of sp³-hybridized carbons (Fsp3) is 0.381. The molecule has 4 rings (SSSR count). The normalized spacial score (nSPS) is 17.9. The Hall–Kier alpha value is -2.35. The van der Waals surface area contributed by atoms with Crippen molar-refractivity contribution in [2.75, 3.05) is 67.7 Å². The van der Waals surface area contributed by atoms with E-state index in [1.54, 1.807) is 17.4 Å². The second-order valence-corrected chi connectivity index (χ2v) is 7.72. The molecule has 0 aliphatic carbocycles. The molecule has 7 heteroatoms. The van der Waals surface area contributed by atoms with Crippen LogP contribution in [-0.2, 0) is 14.3 Å². The number of thiophene rings is 1. The molecule has 2 aliphatic rings. The number of ether oxygens (including phenoxy) is 2. The minimum Gasteiger partial charge on any atom is -0.378 e. The Morgan fingerprint density at radius 3 is 2.39 bits per heavy atom. The molecule has 28 heavy (non-hydrogen) atoms. The molecule has 6 nitrogen and oxygen atoms in total. The molecule has 2 saturated heterocycles. The maximum Gasteiger partial charge on any atom is 0.248 e. The van der Waals surface area contributed by atoms with Gasteiger partial charge in [-0.25, -0.2) is 0 Å². The van der Waals surface area contributed by atoms with Crippen LogP contribution in [0.3, 0.4) is 0 Å². The summed E-state index contributed by atoms with van der Waals surface area (Å²) < 4.78 is 11.0. The van der Waals surface area contributed by atoms with Crippen LogP contribution in [0.1, 0.15) is 4.88 Å². The highest BCUT2D eigenvalue weighted by molar-refractivity contribution is 7.10. The van der Waals surface area contributed by atoms with Gasteiger partial charge in [-0.3, -0.25) is 4.79 Å². The first kappa shape index (κ1) is 19.0. The van der Waals surface area contributed by atoms with E-state index in [0.29, 0.717) is 13.2 Å². The summed E-state index contributed by atoms with van der Waals surface area (Å²) in [5, 5.41) is 5.05. The lowest BCUT2D eigenvalue weighted by Gasteiger charge is -2.33. The number of amides is 1. The van der Waals surface area contributed by atoms with E-state index >= 15 is 0 Å². The fourth-order valence-electron chi connectivity index (χ4n) is 3.43. The third-order valence-electron chi connectivity index (χ3n) is 4.91. The Labute approximate surface area is 169 Å². The van der Waals surface area contributed by atoms with Gasteiger partial charge in [-0.15, -0.1) is 11.3 Å². The van der Waals surface area contributed by atoms with Gasteiger partial charge in [0.15, 0.2) is 0 Å². The van der Waals surface area contributed by atoms with Gasteiger partial charge in [-0.05, 0) is 35.7 Å². The lowest BCUT2D eigenvalue weighted by atomic mass is 10.1. The van der Waals surface area contributed by atoms with Gasteiger partial charge in [0, 0.05) is 42.8 Å². The molecule has 148 valence electrons. The third-order valence-corrected chi connectivity index (χ3v) is 5.75. The standard InChI is InChI=1S/C21H25N3O3S/c25-21(6-4-18-2-1-15-28-18)22-19-5-3-17(23-7-11-26-12-8-23)16-20(19)24-9-13-27-14-10-24/h1-6,15-16H,7-14H2,(H,22,25)/b6-4+. The highest BCUT2D eigenvalue weighted by atomic mass is 32.1. The molecule has 3 heterocycles. The van der Waals surface area contributed by atoms with Crippen molar-refractivity contribution in [1.82, 2.24) is 0 Å². The second kappa shape index (κ2) is 9.23. The fourth-order valence-corrected chi connectivity index (χ4v) is 4.05. The summed E-state index contributed by atoms with van der Waals surface area (Å²) in [4.78, 5) is 18.1. The zero-order chi connectivity index (χ0) is 19.2. The molecule has 2 aromatic rings. The van der Waals surface area contributed by atoms with Crippen LogP contribution < -0.4 is 15.1 Å². The third kappa shape index (κ3) is 4.73. The minimum absolute atomic E-state index is 0.123. The average Bonchev–Trinajstić information content (AvgIpc) is 3.28. The van der Waals surface area contributed by atoms with Gasteiger partial charge in [-0.2, -0.15) is 0 Å². The number of nitrogens with zero attached hydrogens (tertiary/aromatic N) is 2. The Morgan fingerprint density at radius 2 is 1.71 bits per heavy atom. The number of morpholine rings is 2. The summed E-state index contributed by atoms with van der Waals surface area (Å²) >= 11 is 1.61. The lowest BCUT2D eigenvalue weighted by Crippen LogP contribution is -2.38. The molecule has 0 bridgehead atoms. The van der Waals surface area contributed by atoms with E-state index in [9.17, 15) is 4.79 Å². The van der Waals surface area contributed by atoms with Crippen molar-refractivity contribution in [3.63, 3.8) is 0 Å². The quantitative estimate of drug-likeness (QED) is 0.783. The van der Waals surface area contributed by atoms with Crippen molar-refractivity contribution in [3.8, 4) is 0 Å². The molecule has 1 aromatic heterocycles. The molecule has 0 spiro atoms. The molecular weight excluding hydrogens is 374 g/mol. The second-order valence-electron chi connectivity index (χ2n) is 6.74. The topological polar surface area (TPSA) is 54.0 Å². The molecule has 0 atom stereocenters. The Kier molecular flexibility index (Phi) is 6.26. The van der Waals surface area contributed by atoms with Gasteiger partial charge in [0.25, 0.3) is 0 Å². The van der Waals surface area contributed by atoms with Crippen LogP contribution in [0, 0.1) is 0 Å². The predicted octanol–water partition coefficient (Wildman–Crippen LogP) is 3.07. The Morgan fingerprint density at radius 1 is 1.00 bits per heavy atom. The van der Waals surface area contributed by atoms with Crippen molar-refractivity contribution in [3.05, 3.63) is 46.7 Å². The lowest BCUT2D eigenvalue weighted by molar-refractivity contribution is -0.111. The molecule has 2 fully saturated rings. The van der Waals surface area contributed by atoms with Gasteiger partial charge in [0.05, 0.1) is 37.8 Å². The number of anilines is 3. The zero-order valence-electron chi connectivity index (χ0n) is 15.8. The summed E-state index contributed by atoms with van der Waals surface area (Å²) in [5.74, 6) is -0.123. The van der Waals surface area contributed by atoms with Crippen molar-refractivity contribution in [2.45, 2.75) is 0 Å². The first-order chi connectivity index (χ1) is 13.8. The summed E-state index contributed by atoms with van der Waals surface area (Å²) in [6.07, 6.45) is 3.43. The Balaban J connectivity index is 1.54.